The van der Waals surface area contributed by atoms with Crippen LogP contribution < -0.4 is 9.47 Å². The molecule has 0 aliphatic rings. The zero-order valence-corrected chi connectivity index (χ0v) is 13.5. The summed E-state index contributed by atoms with van der Waals surface area (Å²) in [6, 6.07) is 5.74. The maximum absolute atomic E-state index is 5.48. The highest BCUT2D eigenvalue weighted by Crippen LogP contribution is 2.27. The Kier molecular flexibility index (Phi) is 7.79. The first-order valence-corrected chi connectivity index (χ1v) is 7.12. The highest BCUT2D eigenvalue weighted by Gasteiger charge is 2.09. The minimum absolute atomic E-state index is 0.296. The second-order valence-corrected chi connectivity index (χ2v) is 4.34. The minimum atomic E-state index is -0.296. The number of aliphatic imine (C=N–C) groups is 1. The van der Waals surface area contributed by atoms with Crippen molar-refractivity contribution < 1.29 is 18.9 Å². The largest absolute Gasteiger partial charge is 0.493 e. The fourth-order valence-corrected chi connectivity index (χ4v) is 1.89. The average Bonchev–Trinajstić information content (AvgIpc) is 2.52. The van der Waals surface area contributed by atoms with Crippen LogP contribution >= 0.6 is 0 Å². The number of hydrogen-bond acceptors (Lipinski definition) is 5. The van der Waals surface area contributed by atoms with E-state index in [1.807, 2.05) is 39.0 Å². The SMILES string of the molecule is CCOC(CN=C(C)c1ccc(OC)c(OC)c1)OCC. The van der Waals surface area contributed by atoms with Crippen LogP contribution in [0.3, 0.4) is 0 Å². The summed E-state index contributed by atoms with van der Waals surface area (Å²) in [6.45, 7) is 7.52. The molecule has 1 aromatic rings. The molecule has 0 aliphatic carbocycles. The van der Waals surface area contributed by atoms with Crippen molar-refractivity contribution >= 4 is 5.71 Å². The Morgan fingerprint density at radius 1 is 1.05 bits per heavy atom. The number of benzene rings is 1. The Labute approximate surface area is 126 Å². The summed E-state index contributed by atoms with van der Waals surface area (Å²) in [5.74, 6) is 1.39. The van der Waals surface area contributed by atoms with Gasteiger partial charge in [-0.3, -0.25) is 4.99 Å². The third-order valence-electron chi connectivity index (χ3n) is 2.98. The van der Waals surface area contributed by atoms with Crippen LogP contribution in [0.5, 0.6) is 11.5 Å². The van der Waals surface area contributed by atoms with Gasteiger partial charge in [0, 0.05) is 18.9 Å². The van der Waals surface area contributed by atoms with E-state index in [1.54, 1.807) is 14.2 Å². The van der Waals surface area contributed by atoms with Gasteiger partial charge in [0.25, 0.3) is 0 Å². The van der Waals surface area contributed by atoms with Crippen LogP contribution in [0, 0.1) is 0 Å². The van der Waals surface area contributed by atoms with Gasteiger partial charge in [-0.15, -0.1) is 0 Å². The van der Waals surface area contributed by atoms with Crippen molar-refractivity contribution in [3.05, 3.63) is 23.8 Å². The van der Waals surface area contributed by atoms with E-state index in [0.717, 1.165) is 11.3 Å². The summed E-state index contributed by atoms with van der Waals surface area (Å²) >= 11 is 0. The van der Waals surface area contributed by atoms with Crippen LogP contribution in [-0.2, 0) is 9.47 Å². The Morgan fingerprint density at radius 3 is 2.19 bits per heavy atom. The van der Waals surface area contributed by atoms with Gasteiger partial charge in [-0.05, 0) is 44.5 Å². The molecule has 0 saturated carbocycles. The monoisotopic (exact) mass is 295 g/mol. The smallest absolute Gasteiger partial charge is 0.176 e. The molecule has 21 heavy (non-hydrogen) atoms. The maximum Gasteiger partial charge on any atom is 0.176 e. The first-order valence-electron chi connectivity index (χ1n) is 7.12. The summed E-state index contributed by atoms with van der Waals surface area (Å²) in [6.07, 6.45) is -0.296. The van der Waals surface area contributed by atoms with Gasteiger partial charge in [0.1, 0.15) is 0 Å². The number of ether oxygens (including phenoxy) is 4. The lowest BCUT2D eigenvalue weighted by atomic mass is 10.1. The molecule has 0 N–H and O–H groups in total. The van der Waals surface area contributed by atoms with Gasteiger partial charge in [0.2, 0.25) is 0 Å². The van der Waals surface area contributed by atoms with Gasteiger partial charge < -0.3 is 18.9 Å². The second-order valence-electron chi connectivity index (χ2n) is 4.34. The van der Waals surface area contributed by atoms with E-state index in [-0.39, 0.29) is 6.29 Å². The lowest BCUT2D eigenvalue weighted by Gasteiger charge is -2.15. The van der Waals surface area contributed by atoms with Crippen LogP contribution in [-0.4, -0.2) is 46.0 Å². The van der Waals surface area contributed by atoms with Gasteiger partial charge >= 0.3 is 0 Å². The summed E-state index contributed by atoms with van der Waals surface area (Å²) in [5, 5.41) is 0. The van der Waals surface area contributed by atoms with Gasteiger partial charge in [0.05, 0.1) is 20.8 Å². The molecule has 0 heterocycles. The number of nitrogens with zero attached hydrogens (tertiary/aromatic N) is 1. The molecule has 0 fully saturated rings. The van der Waals surface area contributed by atoms with Gasteiger partial charge in [-0.25, -0.2) is 0 Å². The molecule has 1 aromatic carbocycles. The summed E-state index contributed by atoms with van der Waals surface area (Å²) in [4.78, 5) is 4.53. The molecule has 0 spiro atoms. The average molecular weight is 295 g/mol. The van der Waals surface area contributed by atoms with Crippen molar-refractivity contribution in [2.75, 3.05) is 34.0 Å². The van der Waals surface area contributed by atoms with E-state index in [0.29, 0.717) is 31.3 Å². The quantitative estimate of drug-likeness (QED) is 0.519. The van der Waals surface area contributed by atoms with Gasteiger partial charge in [-0.2, -0.15) is 0 Å². The van der Waals surface area contributed by atoms with Crippen molar-refractivity contribution in [3.63, 3.8) is 0 Å². The number of hydrogen-bond donors (Lipinski definition) is 0. The number of rotatable bonds is 9. The minimum Gasteiger partial charge on any atom is -0.493 e. The fraction of sp³-hybridized carbons (Fsp3) is 0.562. The Bertz CT molecular complexity index is 454. The summed E-state index contributed by atoms with van der Waals surface area (Å²) < 4.78 is 21.5. The molecular formula is C16H25NO4. The molecule has 0 atom stereocenters. The first kappa shape index (κ1) is 17.5. The lowest BCUT2D eigenvalue weighted by molar-refractivity contribution is -0.128. The van der Waals surface area contributed by atoms with Gasteiger partial charge in [0.15, 0.2) is 17.8 Å². The highest BCUT2D eigenvalue weighted by molar-refractivity contribution is 5.99. The van der Waals surface area contributed by atoms with E-state index < -0.39 is 0 Å². The molecule has 0 aromatic heterocycles. The zero-order valence-electron chi connectivity index (χ0n) is 13.5. The third kappa shape index (κ3) is 5.36. The van der Waals surface area contributed by atoms with Crippen LogP contribution in [0.15, 0.2) is 23.2 Å². The van der Waals surface area contributed by atoms with Crippen LogP contribution in [0.4, 0.5) is 0 Å². The molecule has 118 valence electrons. The van der Waals surface area contributed by atoms with E-state index in [1.165, 1.54) is 0 Å². The normalized spacial score (nSPS) is 11.8. The highest BCUT2D eigenvalue weighted by atomic mass is 16.7. The predicted molar refractivity (Wildman–Crippen MR) is 83.7 cm³/mol. The Morgan fingerprint density at radius 2 is 1.67 bits per heavy atom. The summed E-state index contributed by atoms with van der Waals surface area (Å²) in [5.41, 5.74) is 1.89. The van der Waals surface area contributed by atoms with Crippen molar-refractivity contribution in [2.45, 2.75) is 27.1 Å². The predicted octanol–water partition coefficient (Wildman–Crippen LogP) is 2.91. The molecule has 0 radical (unpaired) electrons. The van der Waals surface area contributed by atoms with E-state index in [4.69, 9.17) is 18.9 Å². The molecule has 5 nitrogen and oxygen atoms in total. The topological polar surface area (TPSA) is 49.3 Å². The molecule has 0 unspecified atom stereocenters. The van der Waals surface area contributed by atoms with Gasteiger partial charge in [-0.1, -0.05) is 0 Å². The molecule has 5 heteroatoms. The molecular weight excluding hydrogens is 270 g/mol. The second kappa shape index (κ2) is 9.37. The van der Waals surface area contributed by atoms with Crippen molar-refractivity contribution in [2.24, 2.45) is 4.99 Å². The molecule has 1 rings (SSSR count). The molecule has 0 saturated heterocycles. The van der Waals surface area contributed by atoms with Crippen molar-refractivity contribution in [1.29, 1.82) is 0 Å². The van der Waals surface area contributed by atoms with Crippen molar-refractivity contribution in [1.82, 2.24) is 0 Å². The zero-order chi connectivity index (χ0) is 15.7. The lowest BCUT2D eigenvalue weighted by Crippen LogP contribution is -2.21. The number of methoxy groups -OCH3 is 2. The third-order valence-corrected chi connectivity index (χ3v) is 2.98. The van der Waals surface area contributed by atoms with E-state index in [9.17, 15) is 0 Å². The Hall–Kier alpha value is -1.59. The van der Waals surface area contributed by atoms with Crippen LogP contribution in [0.1, 0.15) is 26.3 Å². The van der Waals surface area contributed by atoms with E-state index >= 15 is 0 Å². The summed E-state index contributed by atoms with van der Waals surface area (Å²) in [7, 11) is 3.24. The Balaban J connectivity index is 2.81. The van der Waals surface area contributed by atoms with Crippen LogP contribution in [0.2, 0.25) is 0 Å². The van der Waals surface area contributed by atoms with Crippen LogP contribution in [0.25, 0.3) is 0 Å². The molecule has 0 bridgehead atoms. The van der Waals surface area contributed by atoms with Crippen molar-refractivity contribution in [3.8, 4) is 11.5 Å². The first-order chi connectivity index (χ1) is 10.2. The standard InChI is InChI=1S/C16H25NO4/c1-6-20-16(21-7-2)11-17-12(3)13-8-9-14(18-4)15(10-13)19-5/h8-10,16H,6-7,11H2,1-5H3. The van der Waals surface area contributed by atoms with E-state index in [2.05, 4.69) is 4.99 Å². The maximum atomic E-state index is 5.48. The molecule has 0 aliphatic heterocycles. The molecule has 0 amide bonds. The fourth-order valence-electron chi connectivity index (χ4n) is 1.89.